The fourth-order valence-electron chi connectivity index (χ4n) is 5.87. The van der Waals surface area contributed by atoms with Gasteiger partial charge in [0.2, 0.25) is 0 Å². The molecule has 0 amide bonds. The summed E-state index contributed by atoms with van der Waals surface area (Å²) >= 11 is 0. The number of aryl methyl sites for hydroxylation is 1. The third-order valence-corrected chi connectivity index (χ3v) is 10.3. The minimum Gasteiger partial charge on any atom is -0.494 e. The molecule has 0 heterocycles. The number of carbonyl (C=O) groups excluding carboxylic acids is 1. The van der Waals surface area contributed by atoms with Gasteiger partial charge >= 0.3 is 5.97 Å². The fraction of sp³-hybridized carbons (Fsp3) is 0.444. The van der Waals surface area contributed by atoms with Gasteiger partial charge in [0.15, 0.2) is 0 Å². The van der Waals surface area contributed by atoms with E-state index in [0.29, 0.717) is 18.7 Å². The smallest absolute Gasteiger partial charge is 0.333 e. The van der Waals surface area contributed by atoms with Crippen molar-refractivity contribution in [2.45, 2.75) is 112 Å². The molecule has 272 valence electrons. The van der Waals surface area contributed by atoms with Crippen LogP contribution >= 0.6 is 0 Å². The van der Waals surface area contributed by atoms with Crippen LogP contribution < -0.4 is 10.1 Å². The van der Waals surface area contributed by atoms with E-state index in [0.717, 1.165) is 65.0 Å². The van der Waals surface area contributed by atoms with Gasteiger partial charge in [-0.3, -0.25) is 0 Å². The van der Waals surface area contributed by atoms with Crippen LogP contribution in [0.3, 0.4) is 0 Å². The molecule has 0 unspecified atom stereocenters. The second kappa shape index (κ2) is 18.7. The second-order valence-electron chi connectivity index (χ2n) is 15.3. The van der Waals surface area contributed by atoms with E-state index in [2.05, 4.69) is 131 Å². The summed E-state index contributed by atoms with van der Waals surface area (Å²) in [5, 5.41) is 15.2. The molecule has 4 aromatic carbocycles. The largest absolute Gasteiger partial charge is 0.494 e. The number of nitrogens with one attached hydrogen (secondary N) is 1. The standard InChI is InChI=1S/C45H59N3O3/c1-33(2)43(49)51-30-18-14-12-10-9-11-13-17-29-50-37-24-21-35(22-25-37)32-46-41-27-28-42(39-20-16-15-19-38(39)41)48-47-40-26-23-36(31-34(40)3)45(7,8)44(4,5)6/h15-16,19-28,31,46H,1,9-14,17-18,29-30,32H2,2-8H3. The predicted octanol–water partition coefficient (Wildman–Crippen LogP) is 13.1. The van der Waals surface area contributed by atoms with E-state index < -0.39 is 0 Å². The van der Waals surface area contributed by atoms with Crippen molar-refractivity contribution < 1.29 is 14.3 Å². The quantitative estimate of drug-likeness (QED) is 0.0460. The Morgan fingerprint density at radius 1 is 0.725 bits per heavy atom. The molecule has 6 nitrogen and oxygen atoms in total. The molecule has 51 heavy (non-hydrogen) atoms. The number of nitrogens with zero attached hydrogens (tertiary/aromatic N) is 2. The van der Waals surface area contributed by atoms with Crippen LogP contribution in [-0.2, 0) is 21.5 Å². The first-order chi connectivity index (χ1) is 24.4. The lowest BCUT2D eigenvalue weighted by Crippen LogP contribution is -2.33. The fourth-order valence-corrected chi connectivity index (χ4v) is 5.87. The molecule has 0 bridgehead atoms. The summed E-state index contributed by atoms with van der Waals surface area (Å²) < 4.78 is 11.2. The van der Waals surface area contributed by atoms with Gasteiger partial charge in [-0.2, -0.15) is 5.11 Å². The van der Waals surface area contributed by atoms with Gasteiger partial charge in [0.1, 0.15) is 5.75 Å². The average Bonchev–Trinajstić information content (AvgIpc) is 3.10. The molecule has 1 N–H and O–H groups in total. The maximum absolute atomic E-state index is 11.4. The molecule has 0 fully saturated rings. The maximum Gasteiger partial charge on any atom is 0.333 e. The van der Waals surface area contributed by atoms with Gasteiger partial charge in [0.05, 0.1) is 24.6 Å². The van der Waals surface area contributed by atoms with E-state index in [-0.39, 0.29) is 16.8 Å². The second-order valence-corrected chi connectivity index (χ2v) is 15.3. The summed E-state index contributed by atoms with van der Waals surface area (Å²) in [5.74, 6) is 0.624. The monoisotopic (exact) mass is 689 g/mol. The van der Waals surface area contributed by atoms with Crippen molar-refractivity contribution in [2.24, 2.45) is 15.6 Å². The SMILES string of the molecule is C=C(C)C(=O)OCCCCCCCCCCOc1ccc(CNc2ccc(N=Nc3ccc(C(C)(C)C(C)(C)C)cc3C)c3ccccc23)cc1. The van der Waals surface area contributed by atoms with E-state index in [9.17, 15) is 4.79 Å². The van der Waals surface area contributed by atoms with E-state index in [1.165, 1.54) is 43.2 Å². The summed E-state index contributed by atoms with van der Waals surface area (Å²) in [7, 11) is 0. The first kappa shape index (κ1) is 39.3. The molecule has 4 rings (SSSR count). The molecule has 6 heteroatoms. The van der Waals surface area contributed by atoms with Gasteiger partial charge in [0, 0.05) is 28.6 Å². The van der Waals surface area contributed by atoms with Gasteiger partial charge in [-0.1, -0.05) is 128 Å². The molecule has 0 aromatic heterocycles. The topological polar surface area (TPSA) is 72.3 Å². The summed E-state index contributed by atoms with van der Waals surface area (Å²) in [6, 6.07) is 27.4. The number of rotatable bonds is 19. The molecule has 0 atom stereocenters. The number of unbranched alkanes of at least 4 members (excludes halogenated alkanes) is 7. The van der Waals surface area contributed by atoms with Crippen LogP contribution in [0.2, 0.25) is 0 Å². The van der Waals surface area contributed by atoms with Crippen LogP contribution in [0.5, 0.6) is 5.75 Å². The molecular weight excluding hydrogens is 631 g/mol. The van der Waals surface area contributed by atoms with Crippen molar-refractivity contribution in [3.05, 3.63) is 108 Å². The van der Waals surface area contributed by atoms with E-state index >= 15 is 0 Å². The first-order valence-corrected chi connectivity index (χ1v) is 18.7. The van der Waals surface area contributed by atoms with Gasteiger partial charge in [-0.05, 0) is 84.5 Å². The van der Waals surface area contributed by atoms with Gasteiger partial charge < -0.3 is 14.8 Å². The Bertz CT molecular complexity index is 1770. The van der Waals surface area contributed by atoms with Gasteiger partial charge in [-0.25, -0.2) is 4.79 Å². The lowest BCUT2D eigenvalue weighted by molar-refractivity contribution is -0.139. The average molecular weight is 690 g/mol. The lowest BCUT2D eigenvalue weighted by atomic mass is 9.65. The molecular formula is C45H59N3O3. The Kier molecular flexibility index (Phi) is 14.4. The molecule has 0 aliphatic carbocycles. The Morgan fingerprint density at radius 2 is 1.31 bits per heavy atom. The molecule has 0 spiro atoms. The van der Waals surface area contributed by atoms with Crippen LogP contribution in [0.25, 0.3) is 10.8 Å². The van der Waals surface area contributed by atoms with Crippen molar-refractivity contribution in [2.75, 3.05) is 18.5 Å². The predicted molar refractivity (Wildman–Crippen MR) is 214 cm³/mol. The minimum atomic E-state index is -0.287. The Morgan fingerprint density at radius 3 is 1.94 bits per heavy atom. The number of anilines is 1. The Hall–Kier alpha value is -4.45. The highest BCUT2D eigenvalue weighted by molar-refractivity contribution is 6.00. The number of benzene rings is 4. The molecule has 0 saturated heterocycles. The number of fused-ring (bicyclic) bond motifs is 1. The number of ether oxygens (including phenoxy) is 2. The zero-order chi connectivity index (χ0) is 36.9. The lowest BCUT2D eigenvalue weighted by Gasteiger charge is -2.39. The molecule has 0 saturated carbocycles. The van der Waals surface area contributed by atoms with Crippen LogP contribution in [0.15, 0.2) is 101 Å². The summed E-state index contributed by atoms with van der Waals surface area (Å²) in [6.45, 7) is 20.8. The maximum atomic E-state index is 11.4. The van der Waals surface area contributed by atoms with Gasteiger partial charge in [0.25, 0.3) is 0 Å². The third-order valence-electron chi connectivity index (χ3n) is 10.3. The van der Waals surface area contributed by atoms with Crippen molar-refractivity contribution >= 4 is 33.8 Å². The summed E-state index contributed by atoms with van der Waals surface area (Å²) in [6.07, 6.45) is 9.12. The van der Waals surface area contributed by atoms with E-state index in [1.54, 1.807) is 6.92 Å². The van der Waals surface area contributed by atoms with Crippen LogP contribution in [0.4, 0.5) is 17.1 Å². The number of carbonyl (C=O) groups is 1. The van der Waals surface area contributed by atoms with E-state index in [1.807, 2.05) is 6.07 Å². The summed E-state index contributed by atoms with van der Waals surface area (Å²) in [5.41, 5.74) is 7.10. The number of esters is 1. The molecule has 0 aliphatic rings. The molecule has 4 aromatic rings. The highest BCUT2D eigenvalue weighted by Gasteiger charge is 2.34. The number of hydrogen-bond donors (Lipinski definition) is 1. The zero-order valence-corrected chi connectivity index (χ0v) is 32.1. The van der Waals surface area contributed by atoms with Crippen molar-refractivity contribution in [3.8, 4) is 5.75 Å². The van der Waals surface area contributed by atoms with Crippen molar-refractivity contribution in [3.63, 3.8) is 0 Å². The summed E-state index contributed by atoms with van der Waals surface area (Å²) in [4.78, 5) is 11.4. The zero-order valence-electron chi connectivity index (χ0n) is 32.1. The van der Waals surface area contributed by atoms with Gasteiger partial charge in [-0.15, -0.1) is 5.11 Å². The minimum absolute atomic E-state index is 0.0392. The van der Waals surface area contributed by atoms with Crippen molar-refractivity contribution in [1.82, 2.24) is 0 Å². The first-order valence-electron chi connectivity index (χ1n) is 18.7. The number of azo groups is 1. The molecule has 0 radical (unpaired) electrons. The van der Waals surface area contributed by atoms with E-state index in [4.69, 9.17) is 14.6 Å². The Balaban J connectivity index is 1.21. The van der Waals surface area contributed by atoms with Crippen LogP contribution in [0.1, 0.15) is 110 Å². The highest BCUT2D eigenvalue weighted by Crippen LogP contribution is 2.42. The Labute approximate surface area is 306 Å². The number of hydrogen-bond acceptors (Lipinski definition) is 6. The van der Waals surface area contributed by atoms with Crippen LogP contribution in [-0.4, -0.2) is 19.2 Å². The van der Waals surface area contributed by atoms with Crippen LogP contribution in [0, 0.1) is 12.3 Å². The normalized spacial score (nSPS) is 12.0. The third kappa shape index (κ3) is 11.5. The highest BCUT2D eigenvalue weighted by atomic mass is 16.5. The van der Waals surface area contributed by atoms with Crippen molar-refractivity contribution in [1.29, 1.82) is 0 Å². The molecule has 0 aliphatic heterocycles.